The van der Waals surface area contributed by atoms with Gasteiger partial charge in [0.15, 0.2) is 0 Å². The van der Waals surface area contributed by atoms with Crippen LogP contribution in [-0.4, -0.2) is 4.57 Å². The summed E-state index contributed by atoms with van der Waals surface area (Å²) < 4.78 is 1.50. The Morgan fingerprint density at radius 1 is 1.38 bits per heavy atom. The number of hydrogen-bond acceptors (Lipinski definition) is 3. The van der Waals surface area contributed by atoms with Crippen molar-refractivity contribution < 1.29 is 0 Å². The highest BCUT2D eigenvalue weighted by molar-refractivity contribution is 5.57. The Morgan fingerprint density at radius 3 is 2.54 bits per heavy atom. The number of nitrogens with two attached hydrogens (primary N) is 2. The van der Waals surface area contributed by atoms with Crippen molar-refractivity contribution in [2.45, 2.75) is 20.4 Å². The number of nitrogens with zero attached hydrogens (tertiary/aromatic N) is 1. The van der Waals surface area contributed by atoms with E-state index in [4.69, 9.17) is 11.5 Å². The summed E-state index contributed by atoms with van der Waals surface area (Å²) in [4.78, 5) is 11.4. The molecule has 0 aliphatic rings. The molecule has 0 aliphatic heterocycles. The van der Waals surface area contributed by atoms with Crippen LogP contribution in [0, 0.1) is 5.92 Å². The standard InChI is InChI=1S/C9H15N3O/c1-6(2)5-12-8(13)4-3-7(10)9(12)11/h3-4,6H,5,10-11H2,1-2H3. The van der Waals surface area contributed by atoms with Gasteiger partial charge in [0.1, 0.15) is 5.82 Å². The SMILES string of the molecule is CC(C)Cn1c(N)c(N)ccc1=O. The van der Waals surface area contributed by atoms with E-state index in [-0.39, 0.29) is 5.56 Å². The lowest BCUT2D eigenvalue weighted by atomic mass is 10.2. The Hall–Kier alpha value is -1.45. The molecule has 0 aromatic carbocycles. The van der Waals surface area contributed by atoms with Crippen molar-refractivity contribution in [1.82, 2.24) is 4.57 Å². The number of rotatable bonds is 2. The first-order valence-electron chi connectivity index (χ1n) is 4.27. The number of hydrogen-bond donors (Lipinski definition) is 2. The zero-order valence-electron chi connectivity index (χ0n) is 7.95. The summed E-state index contributed by atoms with van der Waals surface area (Å²) >= 11 is 0. The topological polar surface area (TPSA) is 74.0 Å². The summed E-state index contributed by atoms with van der Waals surface area (Å²) in [7, 11) is 0. The van der Waals surface area contributed by atoms with E-state index >= 15 is 0 Å². The number of nitrogen functional groups attached to an aromatic ring is 2. The lowest BCUT2D eigenvalue weighted by Gasteiger charge is -2.12. The van der Waals surface area contributed by atoms with Crippen LogP contribution in [-0.2, 0) is 6.54 Å². The molecule has 13 heavy (non-hydrogen) atoms. The van der Waals surface area contributed by atoms with Crippen molar-refractivity contribution in [3.8, 4) is 0 Å². The second-order valence-electron chi connectivity index (χ2n) is 3.52. The van der Waals surface area contributed by atoms with Crippen molar-refractivity contribution in [3.63, 3.8) is 0 Å². The molecule has 0 amide bonds. The van der Waals surface area contributed by atoms with E-state index in [2.05, 4.69) is 0 Å². The minimum Gasteiger partial charge on any atom is -0.396 e. The molecule has 4 heteroatoms. The molecule has 72 valence electrons. The van der Waals surface area contributed by atoms with E-state index in [0.29, 0.717) is 24.0 Å². The minimum atomic E-state index is -0.0969. The summed E-state index contributed by atoms with van der Waals surface area (Å²) in [6, 6.07) is 2.97. The van der Waals surface area contributed by atoms with Gasteiger partial charge in [0.2, 0.25) is 0 Å². The molecule has 0 unspecified atom stereocenters. The van der Waals surface area contributed by atoms with E-state index in [1.54, 1.807) is 0 Å². The third-order valence-corrected chi connectivity index (χ3v) is 1.81. The zero-order valence-corrected chi connectivity index (χ0v) is 7.95. The average molecular weight is 181 g/mol. The van der Waals surface area contributed by atoms with Gasteiger partial charge < -0.3 is 11.5 Å². The van der Waals surface area contributed by atoms with Gasteiger partial charge in [-0.1, -0.05) is 13.8 Å². The second kappa shape index (κ2) is 3.51. The van der Waals surface area contributed by atoms with E-state index < -0.39 is 0 Å². The maximum Gasteiger partial charge on any atom is 0.252 e. The van der Waals surface area contributed by atoms with Crippen LogP contribution in [0.25, 0.3) is 0 Å². The molecule has 4 N–H and O–H groups in total. The Bertz CT molecular complexity index is 354. The fraction of sp³-hybridized carbons (Fsp3) is 0.444. The molecule has 0 spiro atoms. The first-order valence-corrected chi connectivity index (χ1v) is 4.27. The summed E-state index contributed by atoms with van der Waals surface area (Å²) in [5.74, 6) is 0.739. The highest BCUT2D eigenvalue weighted by Crippen LogP contribution is 2.11. The molecule has 1 aromatic rings. The lowest BCUT2D eigenvalue weighted by Crippen LogP contribution is -2.25. The van der Waals surface area contributed by atoms with Crippen LogP contribution in [0.4, 0.5) is 11.5 Å². The molecule has 0 bridgehead atoms. The molecule has 4 nitrogen and oxygen atoms in total. The molecular weight excluding hydrogens is 166 g/mol. The normalized spacial score (nSPS) is 10.7. The van der Waals surface area contributed by atoms with Gasteiger partial charge in [0.25, 0.3) is 5.56 Å². The van der Waals surface area contributed by atoms with Crippen LogP contribution in [0.15, 0.2) is 16.9 Å². The predicted octanol–water partition coefficient (Wildman–Crippen LogP) is 0.669. The molecule has 0 aliphatic carbocycles. The Morgan fingerprint density at radius 2 is 2.00 bits per heavy atom. The molecule has 1 rings (SSSR count). The Balaban J connectivity index is 3.18. The summed E-state index contributed by atoms with van der Waals surface area (Å²) in [5.41, 5.74) is 11.6. The van der Waals surface area contributed by atoms with Gasteiger partial charge in [0, 0.05) is 12.6 Å². The van der Waals surface area contributed by atoms with Gasteiger partial charge in [0.05, 0.1) is 5.69 Å². The van der Waals surface area contributed by atoms with Crippen LogP contribution < -0.4 is 17.0 Å². The van der Waals surface area contributed by atoms with E-state index in [1.165, 1.54) is 16.7 Å². The van der Waals surface area contributed by atoms with E-state index in [0.717, 1.165) is 0 Å². The van der Waals surface area contributed by atoms with Crippen molar-refractivity contribution in [3.05, 3.63) is 22.5 Å². The monoisotopic (exact) mass is 181 g/mol. The van der Waals surface area contributed by atoms with Gasteiger partial charge >= 0.3 is 0 Å². The third-order valence-electron chi connectivity index (χ3n) is 1.81. The number of aromatic nitrogens is 1. The predicted molar refractivity (Wildman–Crippen MR) is 54.4 cm³/mol. The Labute approximate surface area is 77.2 Å². The summed E-state index contributed by atoms with van der Waals surface area (Å²) in [6.45, 7) is 4.65. The minimum absolute atomic E-state index is 0.0969. The smallest absolute Gasteiger partial charge is 0.252 e. The van der Waals surface area contributed by atoms with Crippen LogP contribution in [0.1, 0.15) is 13.8 Å². The first kappa shape index (κ1) is 9.64. The van der Waals surface area contributed by atoms with Crippen molar-refractivity contribution >= 4 is 11.5 Å². The molecule has 0 fully saturated rings. The van der Waals surface area contributed by atoms with Gasteiger partial charge in [-0.15, -0.1) is 0 Å². The maximum absolute atomic E-state index is 11.4. The number of anilines is 2. The second-order valence-corrected chi connectivity index (χ2v) is 3.52. The third kappa shape index (κ3) is 2.02. The van der Waals surface area contributed by atoms with Crippen molar-refractivity contribution in [2.24, 2.45) is 5.92 Å². The fourth-order valence-corrected chi connectivity index (χ4v) is 1.16. The van der Waals surface area contributed by atoms with Crippen LogP contribution in [0.3, 0.4) is 0 Å². The molecule has 0 saturated heterocycles. The largest absolute Gasteiger partial charge is 0.396 e. The maximum atomic E-state index is 11.4. The van der Waals surface area contributed by atoms with Gasteiger partial charge in [-0.25, -0.2) is 0 Å². The molecule has 0 saturated carbocycles. The first-order chi connectivity index (χ1) is 6.02. The highest BCUT2D eigenvalue weighted by Gasteiger charge is 2.05. The molecular formula is C9H15N3O. The average Bonchev–Trinajstić information content (AvgIpc) is 2.05. The molecule has 1 heterocycles. The van der Waals surface area contributed by atoms with Crippen molar-refractivity contribution in [1.29, 1.82) is 0 Å². The fourth-order valence-electron chi connectivity index (χ4n) is 1.16. The van der Waals surface area contributed by atoms with Crippen LogP contribution in [0.2, 0.25) is 0 Å². The summed E-state index contributed by atoms with van der Waals surface area (Å²) in [6.07, 6.45) is 0. The van der Waals surface area contributed by atoms with Crippen LogP contribution >= 0.6 is 0 Å². The van der Waals surface area contributed by atoms with Gasteiger partial charge in [-0.3, -0.25) is 9.36 Å². The van der Waals surface area contributed by atoms with Gasteiger partial charge in [-0.2, -0.15) is 0 Å². The Kier molecular flexibility index (Phi) is 2.60. The van der Waals surface area contributed by atoms with Crippen LogP contribution in [0.5, 0.6) is 0 Å². The van der Waals surface area contributed by atoms with E-state index in [9.17, 15) is 4.79 Å². The van der Waals surface area contributed by atoms with E-state index in [1.807, 2.05) is 13.8 Å². The molecule has 0 atom stereocenters. The van der Waals surface area contributed by atoms with Gasteiger partial charge in [-0.05, 0) is 12.0 Å². The zero-order chi connectivity index (χ0) is 10.0. The summed E-state index contributed by atoms with van der Waals surface area (Å²) in [5, 5.41) is 0. The highest BCUT2D eigenvalue weighted by atomic mass is 16.1. The molecule has 1 aromatic heterocycles. The quantitative estimate of drug-likeness (QED) is 0.704. The number of pyridine rings is 1. The lowest BCUT2D eigenvalue weighted by molar-refractivity contribution is 0.517. The molecule has 0 radical (unpaired) electrons. The van der Waals surface area contributed by atoms with Crippen molar-refractivity contribution in [2.75, 3.05) is 11.5 Å².